The van der Waals surface area contributed by atoms with Crippen molar-refractivity contribution in [3.05, 3.63) is 59.8 Å². The summed E-state index contributed by atoms with van der Waals surface area (Å²) >= 11 is 0. The molecule has 148 valence electrons. The highest BCUT2D eigenvalue weighted by molar-refractivity contribution is 5.95. The van der Waals surface area contributed by atoms with Crippen molar-refractivity contribution in [2.75, 3.05) is 25.0 Å². The second-order valence-corrected chi connectivity index (χ2v) is 6.70. The molecule has 2 heterocycles. The molecule has 0 unspecified atom stereocenters. The molecule has 0 spiro atoms. The van der Waals surface area contributed by atoms with Crippen LogP contribution in [0.3, 0.4) is 0 Å². The molecule has 0 aliphatic carbocycles. The zero-order chi connectivity index (χ0) is 19.8. The minimum absolute atomic E-state index is 0.0482. The number of pyridine rings is 1. The molecular weight excluding hydrogens is 356 g/mol. The average molecular weight is 382 g/mol. The summed E-state index contributed by atoms with van der Waals surface area (Å²) in [5.41, 5.74) is 1.71. The summed E-state index contributed by atoms with van der Waals surface area (Å²) < 4.78 is 5.02. The highest BCUT2D eigenvalue weighted by Crippen LogP contribution is 2.14. The van der Waals surface area contributed by atoms with E-state index in [0.717, 1.165) is 18.4 Å². The van der Waals surface area contributed by atoms with E-state index in [1.807, 2.05) is 30.3 Å². The number of ether oxygens (including phenoxy) is 1. The van der Waals surface area contributed by atoms with E-state index in [0.29, 0.717) is 37.6 Å². The van der Waals surface area contributed by atoms with Gasteiger partial charge in [-0.15, -0.1) is 0 Å². The lowest BCUT2D eigenvalue weighted by Gasteiger charge is -2.31. The van der Waals surface area contributed by atoms with Crippen molar-refractivity contribution in [2.24, 2.45) is 0 Å². The lowest BCUT2D eigenvalue weighted by Crippen LogP contribution is -2.46. The molecule has 1 saturated heterocycles. The second kappa shape index (κ2) is 9.73. The Balaban J connectivity index is 1.50. The number of hydrogen-bond donors (Lipinski definition) is 2. The minimum atomic E-state index is -0.282. The van der Waals surface area contributed by atoms with E-state index >= 15 is 0 Å². The monoisotopic (exact) mass is 382 g/mol. The number of carbonyl (C=O) groups is 2. The normalized spacial score (nSPS) is 14.4. The number of aromatic nitrogens is 1. The Hall–Kier alpha value is -3.09. The highest BCUT2D eigenvalue weighted by atomic mass is 16.6. The van der Waals surface area contributed by atoms with Crippen molar-refractivity contribution in [2.45, 2.75) is 32.4 Å². The molecule has 1 aromatic heterocycles. The second-order valence-electron chi connectivity index (χ2n) is 6.70. The van der Waals surface area contributed by atoms with Gasteiger partial charge in [0.25, 0.3) is 5.91 Å². The SMILES string of the molecule is CCOC(=O)N1CCC(NC(=O)c2ccnc(NCc3ccccc3)c2)CC1. The van der Waals surface area contributed by atoms with Crippen LogP contribution >= 0.6 is 0 Å². The molecule has 1 fully saturated rings. The Morgan fingerprint density at radius 1 is 1.18 bits per heavy atom. The molecule has 28 heavy (non-hydrogen) atoms. The van der Waals surface area contributed by atoms with Gasteiger partial charge < -0.3 is 20.3 Å². The smallest absolute Gasteiger partial charge is 0.409 e. The Labute approximate surface area is 165 Å². The summed E-state index contributed by atoms with van der Waals surface area (Å²) in [4.78, 5) is 30.3. The molecule has 0 atom stereocenters. The van der Waals surface area contributed by atoms with E-state index < -0.39 is 0 Å². The molecule has 1 aromatic carbocycles. The van der Waals surface area contributed by atoms with Gasteiger partial charge >= 0.3 is 6.09 Å². The molecule has 2 aromatic rings. The van der Waals surface area contributed by atoms with Crippen LogP contribution in [0.4, 0.5) is 10.6 Å². The predicted octanol–water partition coefficient (Wildman–Crippen LogP) is 3.04. The zero-order valence-electron chi connectivity index (χ0n) is 16.1. The van der Waals surface area contributed by atoms with Crippen LogP contribution in [-0.2, 0) is 11.3 Å². The summed E-state index contributed by atoms with van der Waals surface area (Å²) in [5, 5.41) is 6.30. The van der Waals surface area contributed by atoms with E-state index in [2.05, 4.69) is 15.6 Å². The number of nitrogens with zero attached hydrogens (tertiary/aromatic N) is 2. The molecule has 0 saturated carbocycles. The van der Waals surface area contributed by atoms with Crippen LogP contribution in [0.2, 0.25) is 0 Å². The molecule has 7 nitrogen and oxygen atoms in total. The van der Waals surface area contributed by atoms with Gasteiger partial charge in [-0.05, 0) is 37.5 Å². The fraction of sp³-hybridized carbons (Fsp3) is 0.381. The van der Waals surface area contributed by atoms with Gasteiger partial charge in [-0.1, -0.05) is 30.3 Å². The van der Waals surface area contributed by atoms with Crippen LogP contribution in [0.5, 0.6) is 0 Å². The number of hydrogen-bond acceptors (Lipinski definition) is 5. The van der Waals surface area contributed by atoms with E-state index in [4.69, 9.17) is 4.74 Å². The van der Waals surface area contributed by atoms with E-state index in [1.54, 1.807) is 30.2 Å². The van der Waals surface area contributed by atoms with Crippen LogP contribution in [0.25, 0.3) is 0 Å². The molecule has 3 rings (SSSR count). The zero-order valence-corrected chi connectivity index (χ0v) is 16.1. The maximum atomic E-state index is 12.6. The summed E-state index contributed by atoms with van der Waals surface area (Å²) in [5.74, 6) is 0.536. The van der Waals surface area contributed by atoms with Crippen LogP contribution in [0.15, 0.2) is 48.7 Å². The Morgan fingerprint density at radius 3 is 2.64 bits per heavy atom. The molecule has 2 N–H and O–H groups in total. The Bertz CT molecular complexity index is 789. The lowest BCUT2D eigenvalue weighted by atomic mass is 10.0. The third kappa shape index (κ3) is 5.45. The lowest BCUT2D eigenvalue weighted by molar-refractivity contribution is 0.0860. The van der Waals surface area contributed by atoms with Crippen molar-refractivity contribution in [3.8, 4) is 0 Å². The van der Waals surface area contributed by atoms with Gasteiger partial charge in [0.15, 0.2) is 0 Å². The van der Waals surface area contributed by atoms with Gasteiger partial charge in [-0.3, -0.25) is 4.79 Å². The Kier molecular flexibility index (Phi) is 6.84. The fourth-order valence-corrected chi connectivity index (χ4v) is 3.15. The largest absolute Gasteiger partial charge is 0.450 e. The van der Waals surface area contributed by atoms with Crippen molar-refractivity contribution < 1.29 is 14.3 Å². The van der Waals surface area contributed by atoms with Gasteiger partial charge in [0, 0.05) is 37.4 Å². The molecule has 0 radical (unpaired) electrons. The molecular formula is C21H26N4O3. The summed E-state index contributed by atoms with van der Waals surface area (Å²) in [6.45, 7) is 3.99. The highest BCUT2D eigenvalue weighted by Gasteiger charge is 2.24. The van der Waals surface area contributed by atoms with Crippen LogP contribution < -0.4 is 10.6 Å². The first-order valence-electron chi connectivity index (χ1n) is 9.62. The van der Waals surface area contributed by atoms with E-state index in [-0.39, 0.29) is 18.0 Å². The van der Waals surface area contributed by atoms with Crippen molar-refractivity contribution in [1.82, 2.24) is 15.2 Å². The standard InChI is InChI=1S/C21H26N4O3/c1-2-28-21(27)25-12-9-18(10-13-25)24-20(26)17-8-11-22-19(14-17)23-15-16-6-4-3-5-7-16/h3-8,11,14,18H,2,9-10,12-13,15H2,1H3,(H,22,23)(H,24,26). The molecule has 7 heteroatoms. The van der Waals surface area contributed by atoms with Crippen molar-refractivity contribution in [3.63, 3.8) is 0 Å². The fourth-order valence-electron chi connectivity index (χ4n) is 3.15. The summed E-state index contributed by atoms with van der Waals surface area (Å²) in [7, 11) is 0. The van der Waals surface area contributed by atoms with Gasteiger partial charge in [0.05, 0.1) is 6.61 Å². The number of nitrogens with one attached hydrogen (secondary N) is 2. The van der Waals surface area contributed by atoms with E-state index in [9.17, 15) is 9.59 Å². The number of piperidine rings is 1. The summed E-state index contributed by atoms with van der Waals surface area (Å²) in [6, 6.07) is 13.5. The number of anilines is 1. The summed E-state index contributed by atoms with van der Waals surface area (Å²) in [6.07, 6.45) is 2.78. The Morgan fingerprint density at radius 2 is 1.93 bits per heavy atom. The topological polar surface area (TPSA) is 83.6 Å². The molecule has 0 bridgehead atoms. The molecule has 1 aliphatic rings. The number of carbonyl (C=O) groups excluding carboxylic acids is 2. The first-order chi connectivity index (χ1) is 13.7. The van der Waals surface area contributed by atoms with Gasteiger partial charge in [-0.25, -0.2) is 9.78 Å². The quantitative estimate of drug-likeness (QED) is 0.802. The maximum Gasteiger partial charge on any atom is 0.409 e. The third-order valence-electron chi connectivity index (χ3n) is 4.69. The van der Waals surface area contributed by atoms with Gasteiger partial charge in [-0.2, -0.15) is 0 Å². The number of amides is 2. The first kappa shape index (κ1) is 19.7. The van der Waals surface area contributed by atoms with Crippen molar-refractivity contribution >= 4 is 17.8 Å². The minimum Gasteiger partial charge on any atom is -0.450 e. The molecule has 1 aliphatic heterocycles. The van der Waals surface area contributed by atoms with Crippen LogP contribution in [0, 0.1) is 0 Å². The first-order valence-corrected chi connectivity index (χ1v) is 9.62. The number of likely N-dealkylation sites (tertiary alicyclic amines) is 1. The van der Waals surface area contributed by atoms with E-state index in [1.165, 1.54) is 0 Å². The van der Waals surface area contributed by atoms with Crippen LogP contribution in [-0.4, -0.2) is 47.6 Å². The predicted molar refractivity (Wildman–Crippen MR) is 107 cm³/mol. The third-order valence-corrected chi connectivity index (χ3v) is 4.69. The average Bonchev–Trinajstić information content (AvgIpc) is 2.74. The molecule has 2 amide bonds. The number of benzene rings is 1. The maximum absolute atomic E-state index is 12.6. The van der Waals surface area contributed by atoms with Crippen LogP contribution in [0.1, 0.15) is 35.7 Å². The van der Waals surface area contributed by atoms with Crippen molar-refractivity contribution in [1.29, 1.82) is 0 Å². The van der Waals surface area contributed by atoms with Gasteiger partial charge in [0.1, 0.15) is 5.82 Å². The number of rotatable bonds is 6. The van der Waals surface area contributed by atoms with Gasteiger partial charge in [0.2, 0.25) is 0 Å².